The Balaban J connectivity index is 1.54. The lowest BCUT2D eigenvalue weighted by Crippen LogP contribution is -2.41. The van der Waals surface area contributed by atoms with Crippen molar-refractivity contribution in [2.75, 3.05) is 0 Å². The number of fused-ring (bicyclic) bond motifs is 1. The summed E-state index contributed by atoms with van der Waals surface area (Å²) in [6, 6.07) is 19.2. The second-order valence-electron chi connectivity index (χ2n) is 6.20. The van der Waals surface area contributed by atoms with Gasteiger partial charge in [0.1, 0.15) is 0 Å². The molecule has 0 radical (unpaired) electrons. The number of benzene rings is 2. The zero-order valence-corrected chi connectivity index (χ0v) is 17.1. The van der Waals surface area contributed by atoms with Crippen molar-refractivity contribution >= 4 is 38.3 Å². The van der Waals surface area contributed by atoms with Crippen molar-refractivity contribution in [2.45, 2.75) is 18.4 Å². The summed E-state index contributed by atoms with van der Waals surface area (Å²) in [5, 5.41) is 0. The Bertz CT molecular complexity index is 1280. The number of sulfonamides is 1. The minimum Gasteiger partial charge on any atom is -0.324 e. The maximum absolute atomic E-state index is 12.4. The van der Waals surface area contributed by atoms with Crippen LogP contribution >= 0.6 is 11.3 Å². The molecule has 0 saturated heterocycles. The molecule has 2 heterocycles. The van der Waals surface area contributed by atoms with Gasteiger partial charge in [-0.3, -0.25) is 10.2 Å². The second kappa shape index (κ2) is 7.78. The van der Waals surface area contributed by atoms with Crippen LogP contribution in [-0.2, 0) is 16.6 Å². The third-order valence-corrected chi connectivity index (χ3v) is 6.72. The molecule has 2 aromatic heterocycles. The van der Waals surface area contributed by atoms with E-state index in [2.05, 4.69) is 19.8 Å². The quantitative estimate of drug-likeness (QED) is 0.462. The first-order valence-electron chi connectivity index (χ1n) is 8.92. The smallest absolute Gasteiger partial charge is 0.276 e. The summed E-state index contributed by atoms with van der Waals surface area (Å²) in [6.45, 7) is 2.78. The van der Waals surface area contributed by atoms with E-state index in [1.165, 1.54) is 23.5 Å². The van der Waals surface area contributed by atoms with Gasteiger partial charge in [0.25, 0.3) is 15.9 Å². The van der Waals surface area contributed by atoms with E-state index < -0.39 is 15.9 Å². The largest absolute Gasteiger partial charge is 0.324 e. The lowest BCUT2D eigenvalue weighted by atomic mass is 10.3. The number of carbonyl (C=O) groups excluding carboxylic acids is 1. The molecule has 0 saturated carbocycles. The van der Waals surface area contributed by atoms with Crippen LogP contribution in [-0.4, -0.2) is 23.9 Å². The third kappa shape index (κ3) is 3.80. The first-order valence-corrected chi connectivity index (χ1v) is 11.2. The van der Waals surface area contributed by atoms with Gasteiger partial charge in [-0.1, -0.05) is 30.3 Å². The van der Waals surface area contributed by atoms with E-state index in [0.717, 1.165) is 28.3 Å². The Morgan fingerprint density at radius 3 is 2.52 bits per heavy atom. The number of para-hydroxylation sites is 2. The van der Waals surface area contributed by atoms with Crippen LogP contribution in [0.5, 0.6) is 0 Å². The number of hydrogen-bond donors (Lipinski definition) is 2. The van der Waals surface area contributed by atoms with E-state index in [4.69, 9.17) is 0 Å². The molecule has 7 nitrogen and oxygen atoms in total. The highest BCUT2D eigenvalue weighted by Gasteiger charge is 2.18. The maximum Gasteiger partial charge on any atom is 0.276 e. The summed E-state index contributed by atoms with van der Waals surface area (Å²) < 4.78 is 26.6. The maximum atomic E-state index is 12.4. The van der Waals surface area contributed by atoms with Crippen molar-refractivity contribution in [1.29, 1.82) is 0 Å². The third-order valence-electron chi connectivity index (χ3n) is 4.37. The SMILES string of the molecule is CCn1c(-c2ccc(C(=O)NNS(=O)(=O)c3ccccc3)s2)nc2ccccc21. The van der Waals surface area contributed by atoms with Gasteiger partial charge in [-0.25, -0.2) is 13.4 Å². The van der Waals surface area contributed by atoms with Crippen molar-refractivity contribution < 1.29 is 13.2 Å². The van der Waals surface area contributed by atoms with Gasteiger partial charge in [0.15, 0.2) is 5.82 Å². The molecule has 0 aliphatic rings. The van der Waals surface area contributed by atoms with Crippen LogP contribution in [0, 0.1) is 0 Å². The van der Waals surface area contributed by atoms with Gasteiger partial charge in [0.2, 0.25) is 0 Å². The molecule has 0 bridgehead atoms. The Hall–Kier alpha value is -3.01. The molecule has 1 amide bonds. The zero-order valence-electron chi connectivity index (χ0n) is 15.5. The molecule has 0 fully saturated rings. The molecule has 4 rings (SSSR count). The molecule has 0 unspecified atom stereocenters. The van der Waals surface area contributed by atoms with Crippen LogP contribution in [0.3, 0.4) is 0 Å². The molecule has 4 aromatic rings. The highest BCUT2D eigenvalue weighted by Crippen LogP contribution is 2.30. The number of aromatic nitrogens is 2. The van der Waals surface area contributed by atoms with Crippen molar-refractivity contribution in [3.63, 3.8) is 0 Å². The zero-order chi connectivity index (χ0) is 20.4. The van der Waals surface area contributed by atoms with E-state index in [1.54, 1.807) is 24.3 Å². The van der Waals surface area contributed by atoms with Crippen molar-refractivity contribution in [3.8, 4) is 10.7 Å². The fourth-order valence-electron chi connectivity index (χ4n) is 3.00. The Labute approximate surface area is 172 Å². The van der Waals surface area contributed by atoms with Crippen molar-refractivity contribution in [1.82, 2.24) is 19.8 Å². The number of amides is 1. The van der Waals surface area contributed by atoms with Gasteiger partial charge in [0, 0.05) is 6.54 Å². The number of thiophene rings is 1. The first kappa shape index (κ1) is 19.3. The Kier molecular flexibility index (Phi) is 5.18. The Morgan fingerprint density at radius 1 is 1.03 bits per heavy atom. The van der Waals surface area contributed by atoms with Gasteiger partial charge in [-0.05, 0) is 43.3 Å². The molecule has 9 heteroatoms. The highest BCUT2D eigenvalue weighted by molar-refractivity contribution is 7.89. The minimum atomic E-state index is -3.83. The van der Waals surface area contributed by atoms with Crippen LogP contribution in [0.2, 0.25) is 0 Å². The molecule has 29 heavy (non-hydrogen) atoms. The number of carbonyl (C=O) groups is 1. The predicted molar refractivity (Wildman–Crippen MR) is 113 cm³/mol. The fraction of sp³-hybridized carbons (Fsp3) is 0.100. The van der Waals surface area contributed by atoms with E-state index >= 15 is 0 Å². The number of nitrogens with one attached hydrogen (secondary N) is 2. The van der Waals surface area contributed by atoms with E-state index in [0.29, 0.717) is 4.88 Å². The molecule has 0 aliphatic heterocycles. The van der Waals surface area contributed by atoms with Crippen LogP contribution in [0.15, 0.2) is 71.6 Å². The number of hydrogen-bond acceptors (Lipinski definition) is 5. The number of rotatable bonds is 6. The summed E-state index contributed by atoms with van der Waals surface area (Å²) in [6.07, 6.45) is 0. The van der Waals surface area contributed by atoms with Gasteiger partial charge < -0.3 is 4.57 Å². The summed E-state index contributed by atoms with van der Waals surface area (Å²) in [7, 11) is -3.83. The topological polar surface area (TPSA) is 93.1 Å². The lowest BCUT2D eigenvalue weighted by molar-refractivity contribution is 0.0949. The molecular formula is C20H18N4O3S2. The average molecular weight is 427 g/mol. The average Bonchev–Trinajstić information content (AvgIpc) is 3.37. The van der Waals surface area contributed by atoms with Crippen LogP contribution in [0.4, 0.5) is 0 Å². The van der Waals surface area contributed by atoms with Gasteiger partial charge in [-0.15, -0.1) is 16.2 Å². The molecule has 0 atom stereocenters. The summed E-state index contributed by atoms with van der Waals surface area (Å²) in [5.41, 5.74) is 4.18. The summed E-state index contributed by atoms with van der Waals surface area (Å²) >= 11 is 1.26. The summed E-state index contributed by atoms with van der Waals surface area (Å²) in [4.78, 5) is 20.5. The monoisotopic (exact) mass is 426 g/mol. The minimum absolute atomic E-state index is 0.0730. The lowest BCUT2D eigenvalue weighted by Gasteiger charge is -2.07. The molecule has 0 aliphatic carbocycles. The standard InChI is InChI=1S/C20H18N4O3S2/c1-2-24-16-11-7-6-10-15(16)21-19(24)17-12-13-18(28-17)20(25)22-23-29(26,27)14-8-4-3-5-9-14/h3-13,23H,2H2,1H3,(H,22,25). The van der Waals surface area contributed by atoms with Crippen LogP contribution in [0.1, 0.15) is 16.6 Å². The van der Waals surface area contributed by atoms with Gasteiger partial charge >= 0.3 is 0 Å². The van der Waals surface area contributed by atoms with Crippen LogP contribution < -0.4 is 10.3 Å². The summed E-state index contributed by atoms with van der Waals surface area (Å²) in [5.74, 6) is 0.252. The number of nitrogens with zero attached hydrogens (tertiary/aromatic N) is 2. The highest BCUT2D eigenvalue weighted by atomic mass is 32.2. The van der Waals surface area contributed by atoms with Crippen LogP contribution in [0.25, 0.3) is 21.7 Å². The van der Waals surface area contributed by atoms with Gasteiger partial charge in [-0.2, -0.15) is 0 Å². The Morgan fingerprint density at radius 2 is 1.76 bits per heavy atom. The van der Waals surface area contributed by atoms with E-state index in [1.807, 2.05) is 37.3 Å². The number of aryl methyl sites for hydroxylation is 1. The molecular weight excluding hydrogens is 408 g/mol. The first-order chi connectivity index (χ1) is 14.0. The van der Waals surface area contributed by atoms with Crippen molar-refractivity contribution in [2.24, 2.45) is 0 Å². The predicted octanol–water partition coefficient (Wildman–Crippen LogP) is 3.41. The van der Waals surface area contributed by atoms with Crippen molar-refractivity contribution in [3.05, 3.63) is 71.6 Å². The normalized spacial score (nSPS) is 11.6. The fourth-order valence-corrected chi connectivity index (χ4v) is 4.76. The number of hydrazine groups is 1. The molecule has 2 N–H and O–H groups in total. The number of imidazole rings is 1. The molecule has 148 valence electrons. The van der Waals surface area contributed by atoms with Gasteiger partial charge in [0.05, 0.1) is 25.7 Å². The van der Waals surface area contributed by atoms with E-state index in [-0.39, 0.29) is 4.90 Å². The second-order valence-corrected chi connectivity index (χ2v) is 8.97. The van der Waals surface area contributed by atoms with E-state index in [9.17, 15) is 13.2 Å². The molecule has 0 spiro atoms. The molecule has 2 aromatic carbocycles.